The van der Waals surface area contributed by atoms with Crippen LogP contribution in [0.2, 0.25) is 0 Å². The first-order valence-corrected chi connectivity index (χ1v) is 5.62. The first-order chi connectivity index (χ1) is 8.96. The summed E-state index contributed by atoms with van der Waals surface area (Å²) in [6.07, 6.45) is -1.18. The quantitative estimate of drug-likeness (QED) is 0.227. The predicted molar refractivity (Wildman–Crippen MR) is 64.7 cm³/mol. The monoisotopic (exact) mass is 272 g/mol. The molecule has 1 aliphatic heterocycles. The summed E-state index contributed by atoms with van der Waals surface area (Å²) in [5, 5.41) is 23.4. The van der Waals surface area contributed by atoms with Gasteiger partial charge >= 0.3 is 0 Å². The van der Waals surface area contributed by atoms with E-state index in [-0.39, 0.29) is 30.7 Å². The normalized spacial score (nSPS) is 23.4. The van der Waals surface area contributed by atoms with E-state index in [1.807, 2.05) is 0 Å². The van der Waals surface area contributed by atoms with Crippen molar-refractivity contribution in [3.63, 3.8) is 0 Å². The van der Waals surface area contributed by atoms with Gasteiger partial charge in [-0.1, -0.05) is 0 Å². The number of nitrogen functional groups attached to an aromatic ring is 1. The third-order valence-corrected chi connectivity index (χ3v) is 2.56. The Labute approximate surface area is 108 Å². The maximum Gasteiger partial charge on any atom is 0.274 e. The molecule has 2 heterocycles. The minimum Gasteiger partial charge on any atom is -0.396 e. The molecule has 10 heteroatoms. The van der Waals surface area contributed by atoms with Crippen LogP contribution in [0.1, 0.15) is 16.9 Å². The van der Waals surface area contributed by atoms with Crippen molar-refractivity contribution in [2.45, 2.75) is 18.5 Å². The highest BCUT2D eigenvalue weighted by Crippen LogP contribution is 2.22. The lowest BCUT2D eigenvalue weighted by Gasteiger charge is -2.37. The maximum absolute atomic E-state index is 11.8. The summed E-state index contributed by atoms with van der Waals surface area (Å²) in [5.74, 6) is -2.10. The van der Waals surface area contributed by atoms with Gasteiger partial charge in [-0.15, -0.1) is 0 Å². The van der Waals surface area contributed by atoms with E-state index in [2.05, 4.69) is 20.6 Å². The van der Waals surface area contributed by atoms with Crippen molar-refractivity contribution in [3.05, 3.63) is 5.69 Å². The van der Waals surface area contributed by atoms with Gasteiger partial charge in [0.15, 0.2) is 11.8 Å². The summed E-state index contributed by atoms with van der Waals surface area (Å²) in [6.45, 7) is 0.00779. The molecule has 19 heavy (non-hydrogen) atoms. The number of aromatic nitrogens is 2. The number of amides is 1. The number of aliphatic hydroxyl groups excluding tert-OH is 2. The molecular formula is C9H16N6O4. The van der Waals surface area contributed by atoms with Crippen LogP contribution in [0.25, 0.3) is 0 Å². The Morgan fingerprint density at radius 2 is 2.21 bits per heavy atom. The largest absolute Gasteiger partial charge is 0.396 e. The molecule has 1 aliphatic rings. The Kier molecular flexibility index (Phi) is 3.57. The molecule has 0 aliphatic carbocycles. The van der Waals surface area contributed by atoms with E-state index < -0.39 is 18.0 Å². The third-order valence-electron chi connectivity index (χ3n) is 2.56. The van der Waals surface area contributed by atoms with Gasteiger partial charge in [0.05, 0.1) is 6.61 Å². The fourth-order valence-corrected chi connectivity index (χ4v) is 1.64. The molecule has 0 spiro atoms. The molecule has 0 saturated carbocycles. The lowest BCUT2D eigenvalue weighted by molar-refractivity contribution is -0.144. The van der Waals surface area contributed by atoms with Crippen molar-refractivity contribution in [2.24, 2.45) is 5.73 Å². The molecular weight excluding hydrogens is 256 g/mol. The highest BCUT2D eigenvalue weighted by atomic mass is 16.6. The van der Waals surface area contributed by atoms with E-state index >= 15 is 0 Å². The molecule has 1 aromatic heterocycles. The molecule has 106 valence electrons. The van der Waals surface area contributed by atoms with Crippen LogP contribution in [0.3, 0.4) is 0 Å². The van der Waals surface area contributed by atoms with Crippen molar-refractivity contribution in [1.29, 1.82) is 0 Å². The van der Waals surface area contributed by atoms with Gasteiger partial charge in [0.25, 0.3) is 5.91 Å². The van der Waals surface area contributed by atoms with E-state index in [4.69, 9.17) is 21.3 Å². The minimum atomic E-state index is -1.72. The second-order valence-corrected chi connectivity index (χ2v) is 4.09. The molecule has 2 atom stereocenters. The van der Waals surface area contributed by atoms with Gasteiger partial charge in [0.1, 0.15) is 5.69 Å². The van der Waals surface area contributed by atoms with Crippen LogP contribution in [-0.4, -0.2) is 51.4 Å². The Morgan fingerprint density at radius 1 is 1.47 bits per heavy atom. The summed E-state index contributed by atoms with van der Waals surface area (Å²) in [7, 11) is 0. The van der Waals surface area contributed by atoms with Crippen LogP contribution in [0.5, 0.6) is 0 Å². The van der Waals surface area contributed by atoms with Gasteiger partial charge < -0.3 is 36.3 Å². The van der Waals surface area contributed by atoms with Crippen LogP contribution >= 0.6 is 0 Å². The maximum atomic E-state index is 11.8. The van der Waals surface area contributed by atoms with Gasteiger partial charge in [-0.3, -0.25) is 10.5 Å². The average molecular weight is 272 g/mol. The number of aliphatic hydroxyl groups is 2. The Balaban J connectivity index is 2.11. The highest BCUT2D eigenvalue weighted by Gasteiger charge is 2.42. The molecule has 0 saturated heterocycles. The molecule has 2 rings (SSSR count). The number of ether oxygens (including phenoxy) is 1. The number of nitrogens with zero attached hydrogens (tertiary/aromatic N) is 1. The molecule has 10 nitrogen and oxygen atoms in total. The molecule has 9 N–H and O–H groups in total. The van der Waals surface area contributed by atoms with Gasteiger partial charge in [-0.05, 0) is 6.42 Å². The minimum absolute atomic E-state index is 0.0487. The number of carbonyl (C=O) groups is 1. The summed E-state index contributed by atoms with van der Waals surface area (Å²) in [4.78, 5) is 18.2. The topological polar surface area (TPSA) is 172 Å². The third kappa shape index (κ3) is 2.61. The first kappa shape index (κ1) is 13.5. The van der Waals surface area contributed by atoms with Crippen molar-refractivity contribution in [2.75, 3.05) is 24.3 Å². The molecule has 0 aromatic carbocycles. The van der Waals surface area contributed by atoms with Crippen molar-refractivity contribution < 1.29 is 19.7 Å². The Morgan fingerprint density at radius 3 is 2.89 bits per heavy atom. The number of nitrogens with one attached hydrogen (secondary N) is 3. The van der Waals surface area contributed by atoms with Gasteiger partial charge in [0, 0.05) is 6.61 Å². The molecule has 0 fully saturated rings. The number of aromatic amines is 1. The Hall–Kier alpha value is -1.88. The predicted octanol–water partition coefficient (Wildman–Crippen LogP) is -2.52. The molecule has 1 aromatic rings. The number of fused-ring (bicyclic) bond motifs is 1. The summed E-state index contributed by atoms with van der Waals surface area (Å²) in [5.41, 5.74) is 11.4. The summed E-state index contributed by atoms with van der Waals surface area (Å²) < 4.78 is 5.02. The van der Waals surface area contributed by atoms with E-state index in [9.17, 15) is 9.90 Å². The lowest BCUT2D eigenvalue weighted by atomic mass is 10.2. The second-order valence-electron chi connectivity index (χ2n) is 4.09. The van der Waals surface area contributed by atoms with Crippen LogP contribution in [-0.2, 0) is 4.74 Å². The van der Waals surface area contributed by atoms with Crippen molar-refractivity contribution >= 4 is 17.7 Å². The van der Waals surface area contributed by atoms with E-state index in [0.717, 1.165) is 0 Å². The number of H-pyrrole nitrogens is 1. The fraction of sp³-hybridized carbons (Fsp3) is 0.556. The fourth-order valence-electron chi connectivity index (χ4n) is 1.64. The summed E-state index contributed by atoms with van der Waals surface area (Å²) >= 11 is 0. The molecule has 2 unspecified atom stereocenters. The number of nitrogens with two attached hydrogens (primary N) is 2. The molecule has 1 amide bonds. The molecule has 0 radical (unpaired) electrons. The van der Waals surface area contributed by atoms with E-state index in [0.29, 0.717) is 6.42 Å². The van der Waals surface area contributed by atoms with Gasteiger partial charge in [-0.25, -0.2) is 0 Å². The first-order valence-electron chi connectivity index (χ1n) is 5.62. The highest BCUT2D eigenvalue weighted by molar-refractivity contribution is 6.00. The average Bonchev–Trinajstić information content (AvgIpc) is 2.70. The van der Waals surface area contributed by atoms with Crippen LogP contribution in [0.4, 0.5) is 11.8 Å². The van der Waals surface area contributed by atoms with E-state index in [1.54, 1.807) is 0 Å². The van der Waals surface area contributed by atoms with Crippen LogP contribution < -0.4 is 22.1 Å². The van der Waals surface area contributed by atoms with E-state index in [1.165, 1.54) is 0 Å². The van der Waals surface area contributed by atoms with Crippen molar-refractivity contribution in [1.82, 2.24) is 15.3 Å². The second kappa shape index (κ2) is 5.01. The van der Waals surface area contributed by atoms with Crippen LogP contribution in [0, 0.1) is 0 Å². The van der Waals surface area contributed by atoms with Gasteiger partial charge in [0.2, 0.25) is 12.1 Å². The lowest BCUT2D eigenvalue weighted by Crippen LogP contribution is -2.71. The van der Waals surface area contributed by atoms with Gasteiger partial charge in [-0.2, -0.15) is 4.98 Å². The zero-order valence-electron chi connectivity index (χ0n) is 10.0. The Bertz CT molecular complexity index is 477. The number of hydrogen-bond acceptors (Lipinski definition) is 8. The van der Waals surface area contributed by atoms with Crippen molar-refractivity contribution in [3.8, 4) is 0 Å². The number of anilines is 2. The molecule has 0 bridgehead atoms. The number of imidazole rings is 1. The number of hydrogen-bond donors (Lipinski definition) is 7. The standard InChI is InChI=1S/C9H16N6O4/c10-8-12-4-5(13-8)14-9(11,15-6(4)17)7(18)19-3-1-2-16/h7,14,16,18H,1-3,11H2,(H,15,17)(H3,10,12,13). The summed E-state index contributed by atoms with van der Waals surface area (Å²) in [6, 6.07) is 0. The van der Waals surface area contributed by atoms with Crippen LogP contribution in [0.15, 0.2) is 0 Å². The smallest absolute Gasteiger partial charge is 0.274 e. The SMILES string of the molecule is Nc1nc2c([nH]1)C(=O)NC(N)(C(O)OCCCO)N2. The number of rotatable bonds is 5. The number of carbonyl (C=O) groups excluding carboxylic acids is 1. The zero-order valence-corrected chi connectivity index (χ0v) is 10.0. The zero-order chi connectivity index (χ0) is 14.0.